The van der Waals surface area contributed by atoms with E-state index < -0.39 is 0 Å². The third-order valence-corrected chi connectivity index (χ3v) is 8.35. The summed E-state index contributed by atoms with van der Waals surface area (Å²) in [5.74, 6) is 1.51. The fraction of sp³-hybridized carbons (Fsp3) is 0.800. The predicted molar refractivity (Wildman–Crippen MR) is 164 cm³/mol. The van der Waals surface area contributed by atoms with E-state index in [9.17, 15) is 0 Å². The van der Waals surface area contributed by atoms with Gasteiger partial charge in [0, 0.05) is 0 Å². The minimum absolute atomic E-state index is 0.682. The Bertz CT molecular complexity index is 811. The zero-order valence-corrected chi connectivity index (χ0v) is 26.9. The van der Waals surface area contributed by atoms with Crippen molar-refractivity contribution in [2.24, 2.45) is 0 Å². The molecule has 0 aliphatic heterocycles. The molecule has 0 bridgehead atoms. The molecule has 0 amide bonds. The number of hydrogen-bond donors (Lipinski definition) is 0. The number of unbranched alkanes of at least 4 members (excludes halogenated alkanes) is 15. The lowest BCUT2D eigenvalue weighted by atomic mass is 10.1. The summed E-state index contributed by atoms with van der Waals surface area (Å²) < 4.78 is 14.4. The molecule has 0 N–H and O–H groups in total. The number of fused-ring (bicyclic) bond motifs is 1. The average Bonchev–Trinajstić information content (AvgIpc) is 3.33. The van der Waals surface area contributed by atoms with Crippen LogP contribution in [0.25, 0.3) is 11.0 Å². The van der Waals surface area contributed by atoms with Gasteiger partial charge in [0.25, 0.3) is 0 Å². The topological polar surface area (TPSA) is 49.2 Å². The van der Waals surface area contributed by atoms with Crippen molar-refractivity contribution in [3.05, 3.63) is 8.95 Å². The second kappa shape index (κ2) is 20.1. The quantitative estimate of drug-likeness (QED) is 0.113. The molecule has 2 aromatic rings. The molecule has 37 heavy (non-hydrogen) atoms. The van der Waals surface area contributed by atoms with Crippen LogP contribution in [0.1, 0.15) is 136 Å². The summed E-state index contributed by atoms with van der Waals surface area (Å²) in [5, 5.41) is 9.64. The van der Waals surface area contributed by atoms with Gasteiger partial charge in [-0.2, -0.15) is 15.0 Å². The Kier molecular flexibility index (Phi) is 17.6. The first kappa shape index (κ1) is 32.4. The third-order valence-electron chi connectivity index (χ3n) is 6.88. The minimum Gasteiger partial charge on any atom is -0.488 e. The van der Waals surface area contributed by atoms with Gasteiger partial charge in [-0.25, -0.2) is 0 Å². The highest BCUT2D eigenvalue weighted by atomic mass is 79.9. The summed E-state index contributed by atoms with van der Waals surface area (Å²) in [6.45, 7) is 8.97. The number of benzene rings is 1. The maximum absolute atomic E-state index is 6.34. The van der Waals surface area contributed by atoms with Gasteiger partial charge in [-0.15, -0.1) is 0 Å². The van der Waals surface area contributed by atoms with Gasteiger partial charge in [0.1, 0.15) is 11.0 Å². The molecule has 0 radical (unpaired) electrons. The monoisotopic (exact) mass is 643 g/mol. The zero-order valence-electron chi connectivity index (χ0n) is 23.8. The van der Waals surface area contributed by atoms with E-state index in [0.717, 1.165) is 57.3 Å². The molecule has 0 saturated heterocycles. The molecule has 1 aromatic heterocycles. The lowest BCUT2D eigenvalue weighted by Gasteiger charge is -2.16. The predicted octanol–water partition coefficient (Wildman–Crippen LogP) is 10.8. The van der Waals surface area contributed by atoms with Gasteiger partial charge >= 0.3 is 0 Å². The first-order valence-electron chi connectivity index (χ1n) is 15.1. The molecule has 0 spiro atoms. The number of hydrogen-bond acceptors (Lipinski definition) is 4. The number of nitrogens with zero attached hydrogens (tertiary/aromatic N) is 3. The fourth-order valence-electron chi connectivity index (χ4n) is 4.56. The van der Waals surface area contributed by atoms with Crippen LogP contribution in [-0.4, -0.2) is 28.2 Å². The van der Waals surface area contributed by atoms with Crippen molar-refractivity contribution in [2.45, 2.75) is 143 Å². The molecule has 1 heterocycles. The number of aryl methyl sites for hydroxylation is 1. The van der Waals surface area contributed by atoms with Gasteiger partial charge in [0.2, 0.25) is 0 Å². The maximum atomic E-state index is 6.34. The van der Waals surface area contributed by atoms with Crippen LogP contribution in [0, 0.1) is 0 Å². The standard InChI is InChI=1S/C30H51Br2N3O2/c1-4-7-10-13-16-19-22-35-33-27-25(31)29(36-23-20-17-14-11-8-5-2)30(26(32)28(27)34-35)37-24-21-18-15-12-9-6-3/h4-24H2,1-3H3. The molecular formula is C30H51Br2N3O2. The van der Waals surface area contributed by atoms with Crippen molar-refractivity contribution < 1.29 is 9.47 Å². The van der Waals surface area contributed by atoms with E-state index in [1.807, 2.05) is 4.80 Å². The molecule has 0 atom stereocenters. The Hall–Kier alpha value is -0.820. The normalized spacial score (nSPS) is 11.5. The van der Waals surface area contributed by atoms with Crippen molar-refractivity contribution in [1.29, 1.82) is 0 Å². The molecule has 0 aliphatic rings. The van der Waals surface area contributed by atoms with Crippen LogP contribution in [0.4, 0.5) is 0 Å². The van der Waals surface area contributed by atoms with Crippen LogP contribution in [0.5, 0.6) is 11.5 Å². The van der Waals surface area contributed by atoms with E-state index in [-0.39, 0.29) is 0 Å². The summed E-state index contributed by atoms with van der Waals surface area (Å²) in [5.41, 5.74) is 1.67. The SMILES string of the molecule is CCCCCCCCOc1c(OCCCCCCCC)c(Br)c2nn(CCCCCCCC)nc2c1Br. The summed E-state index contributed by atoms with van der Waals surface area (Å²) >= 11 is 7.61. The Morgan fingerprint density at radius 1 is 0.514 bits per heavy atom. The summed E-state index contributed by atoms with van der Waals surface area (Å²) in [6.07, 6.45) is 22.4. The minimum atomic E-state index is 0.682. The molecule has 1 aromatic carbocycles. The maximum Gasteiger partial charge on any atom is 0.178 e. The van der Waals surface area contributed by atoms with E-state index in [1.165, 1.54) is 96.3 Å². The van der Waals surface area contributed by atoms with Crippen molar-refractivity contribution in [1.82, 2.24) is 15.0 Å². The van der Waals surface area contributed by atoms with Gasteiger partial charge in [-0.05, 0) is 51.1 Å². The lowest BCUT2D eigenvalue weighted by Crippen LogP contribution is -2.05. The van der Waals surface area contributed by atoms with Crippen LogP contribution < -0.4 is 9.47 Å². The Balaban J connectivity index is 2.07. The third kappa shape index (κ3) is 11.8. The van der Waals surface area contributed by atoms with Crippen molar-refractivity contribution >= 4 is 42.9 Å². The molecule has 0 fully saturated rings. The highest BCUT2D eigenvalue weighted by Crippen LogP contribution is 2.46. The highest BCUT2D eigenvalue weighted by Gasteiger charge is 2.23. The average molecular weight is 646 g/mol. The van der Waals surface area contributed by atoms with Gasteiger partial charge < -0.3 is 9.47 Å². The Labute approximate surface area is 243 Å². The number of aromatic nitrogens is 3. The number of halogens is 2. The largest absolute Gasteiger partial charge is 0.488 e. The van der Waals surface area contributed by atoms with Crippen LogP contribution in [-0.2, 0) is 6.54 Å². The van der Waals surface area contributed by atoms with Gasteiger partial charge in [0.05, 0.1) is 28.7 Å². The van der Waals surface area contributed by atoms with Crippen molar-refractivity contribution in [3.8, 4) is 11.5 Å². The molecule has 0 unspecified atom stereocenters. The smallest absolute Gasteiger partial charge is 0.178 e. The van der Waals surface area contributed by atoms with Gasteiger partial charge in [-0.1, -0.05) is 117 Å². The molecule has 7 heteroatoms. The van der Waals surface area contributed by atoms with E-state index >= 15 is 0 Å². The zero-order chi connectivity index (χ0) is 26.7. The van der Waals surface area contributed by atoms with Crippen molar-refractivity contribution in [3.63, 3.8) is 0 Å². The van der Waals surface area contributed by atoms with Crippen LogP contribution in [0.3, 0.4) is 0 Å². The van der Waals surface area contributed by atoms with Gasteiger partial charge in [0.15, 0.2) is 11.5 Å². The second-order valence-corrected chi connectivity index (χ2v) is 11.9. The van der Waals surface area contributed by atoms with E-state index in [1.54, 1.807) is 0 Å². The Morgan fingerprint density at radius 3 is 1.27 bits per heavy atom. The summed E-state index contributed by atoms with van der Waals surface area (Å²) in [4.78, 5) is 1.84. The van der Waals surface area contributed by atoms with Crippen LogP contribution in [0.2, 0.25) is 0 Å². The van der Waals surface area contributed by atoms with Crippen LogP contribution in [0.15, 0.2) is 8.95 Å². The highest BCUT2D eigenvalue weighted by molar-refractivity contribution is 9.11. The summed E-state index contributed by atoms with van der Waals surface area (Å²) in [6, 6.07) is 0. The first-order valence-corrected chi connectivity index (χ1v) is 16.7. The van der Waals surface area contributed by atoms with E-state index in [2.05, 4.69) is 52.6 Å². The molecule has 212 valence electrons. The van der Waals surface area contributed by atoms with E-state index in [4.69, 9.17) is 19.7 Å². The number of ether oxygens (including phenoxy) is 2. The fourth-order valence-corrected chi connectivity index (χ4v) is 5.69. The molecule has 5 nitrogen and oxygen atoms in total. The second-order valence-electron chi connectivity index (χ2n) is 10.3. The van der Waals surface area contributed by atoms with Gasteiger partial charge in [-0.3, -0.25) is 0 Å². The van der Waals surface area contributed by atoms with Crippen molar-refractivity contribution in [2.75, 3.05) is 13.2 Å². The molecule has 0 saturated carbocycles. The first-order chi connectivity index (χ1) is 18.1. The Morgan fingerprint density at radius 2 is 0.865 bits per heavy atom. The summed E-state index contributed by atoms with van der Waals surface area (Å²) in [7, 11) is 0. The molecule has 2 rings (SSSR count). The van der Waals surface area contributed by atoms with Crippen LogP contribution >= 0.6 is 31.9 Å². The molecule has 0 aliphatic carbocycles. The molecular weight excluding hydrogens is 594 g/mol. The number of rotatable bonds is 23. The van der Waals surface area contributed by atoms with E-state index in [0.29, 0.717) is 13.2 Å². The lowest BCUT2D eigenvalue weighted by molar-refractivity contribution is 0.256.